The van der Waals surface area contributed by atoms with Crippen molar-refractivity contribution in [2.24, 2.45) is 11.8 Å². The Morgan fingerprint density at radius 3 is 2.54 bits per heavy atom. The lowest BCUT2D eigenvalue weighted by Crippen LogP contribution is -2.36. The highest BCUT2D eigenvalue weighted by Gasteiger charge is 2.43. The molecule has 10 nitrogen and oxygen atoms in total. The first-order valence-electron chi connectivity index (χ1n) is 13.8. The lowest BCUT2D eigenvalue weighted by atomic mass is 9.82. The van der Waals surface area contributed by atoms with E-state index >= 15 is 0 Å². The van der Waals surface area contributed by atoms with E-state index < -0.39 is 23.9 Å². The highest BCUT2D eigenvalue weighted by atomic mass is 32.1. The molecule has 2 fully saturated rings. The Morgan fingerprint density at radius 2 is 1.85 bits per heavy atom. The molecule has 2 aliphatic carbocycles. The summed E-state index contributed by atoms with van der Waals surface area (Å²) in [6.07, 6.45) is 3.13. The number of pyridine rings is 1. The highest BCUT2D eigenvalue weighted by molar-refractivity contribution is 7.21. The van der Waals surface area contributed by atoms with Crippen LogP contribution in [0.2, 0.25) is 0 Å². The Balaban J connectivity index is 1.43. The third-order valence-electron chi connectivity index (χ3n) is 7.82. The summed E-state index contributed by atoms with van der Waals surface area (Å²) >= 11 is 1.55. The maximum Gasteiger partial charge on any atom is 0.224 e. The number of hydrogen-bond donors (Lipinski definition) is 5. The topological polar surface area (TPSA) is 146 Å². The van der Waals surface area contributed by atoms with Crippen LogP contribution in [0.4, 0.5) is 11.8 Å². The summed E-state index contributed by atoms with van der Waals surface area (Å²) in [5.74, 6) is 1.35. The molecule has 11 heteroatoms. The van der Waals surface area contributed by atoms with Crippen molar-refractivity contribution >= 4 is 33.3 Å². The first-order chi connectivity index (χ1) is 18.5. The molecule has 212 valence electrons. The quantitative estimate of drug-likeness (QED) is 0.251. The van der Waals surface area contributed by atoms with Crippen LogP contribution in [0.25, 0.3) is 20.8 Å². The van der Waals surface area contributed by atoms with Gasteiger partial charge in [0.25, 0.3) is 0 Å². The second-order valence-electron chi connectivity index (χ2n) is 11.7. The van der Waals surface area contributed by atoms with Crippen LogP contribution in [0.15, 0.2) is 12.3 Å². The van der Waals surface area contributed by atoms with E-state index in [1.165, 1.54) is 0 Å². The second-order valence-corrected chi connectivity index (χ2v) is 12.7. The van der Waals surface area contributed by atoms with E-state index in [0.29, 0.717) is 36.6 Å². The van der Waals surface area contributed by atoms with Gasteiger partial charge in [-0.2, -0.15) is 4.98 Å². The molecule has 0 spiro atoms. The molecule has 5 rings (SSSR count). The molecule has 0 amide bonds. The molecule has 3 aromatic rings. The molecule has 39 heavy (non-hydrogen) atoms. The van der Waals surface area contributed by atoms with Crippen molar-refractivity contribution in [3.8, 4) is 10.6 Å². The number of aryl methyl sites for hydroxylation is 2. The maximum atomic E-state index is 10.9. The highest BCUT2D eigenvalue weighted by Crippen LogP contribution is 2.40. The molecule has 0 aromatic carbocycles. The standard InChI is InChI=1S/C28H40N6O4S/c1-6-38-18-9-16(10-18)13-30-27-31-14(2)21(26-33-22-15(3)29-8-7-20(22)39-26)25(34-27)32-19-11-17(12-28(4,5)37)23(35)24(19)36/h7-8,16-19,23-24,35-37H,6,9-13H2,1-5H3,(H2,30,31,32,34)/t16?,17-,18?,19-,23-,24+/m1/s1. The summed E-state index contributed by atoms with van der Waals surface area (Å²) in [4.78, 5) is 18.9. The zero-order chi connectivity index (χ0) is 27.9. The zero-order valence-electron chi connectivity index (χ0n) is 23.3. The van der Waals surface area contributed by atoms with Gasteiger partial charge in [-0.25, -0.2) is 9.97 Å². The van der Waals surface area contributed by atoms with Gasteiger partial charge in [-0.05, 0) is 78.2 Å². The number of rotatable bonds is 10. The van der Waals surface area contributed by atoms with Gasteiger partial charge in [-0.3, -0.25) is 4.98 Å². The Hall–Kier alpha value is -2.44. The first-order valence-corrected chi connectivity index (χ1v) is 14.7. The van der Waals surface area contributed by atoms with Crippen LogP contribution < -0.4 is 10.6 Å². The smallest absolute Gasteiger partial charge is 0.224 e. The van der Waals surface area contributed by atoms with Crippen LogP contribution in [0.5, 0.6) is 0 Å². The maximum absolute atomic E-state index is 10.9. The second kappa shape index (κ2) is 11.2. The molecule has 3 aromatic heterocycles. The number of aliphatic hydroxyl groups excluding tert-OH is 2. The van der Waals surface area contributed by atoms with Crippen LogP contribution >= 0.6 is 11.3 Å². The van der Waals surface area contributed by atoms with E-state index in [-0.39, 0.29) is 5.92 Å². The predicted molar refractivity (Wildman–Crippen MR) is 153 cm³/mol. The van der Waals surface area contributed by atoms with Crippen molar-refractivity contribution in [2.75, 3.05) is 23.8 Å². The van der Waals surface area contributed by atoms with Gasteiger partial charge >= 0.3 is 0 Å². The fourth-order valence-corrected chi connectivity index (χ4v) is 6.95. The van der Waals surface area contributed by atoms with Crippen molar-refractivity contribution < 1.29 is 20.1 Å². The zero-order valence-corrected chi connectivity index (χ0v) is 24.1. The number of nitrogens with zero attached hydrogens (tertiary/aromatic N) is 4. The normalized spacial score (nSPS) is 27.1. The lowest BCUT2D eigenvalue weighted by molar-refractivity contribution is -0.0205. The van der Waals surface area contributed by atoms with E-state index in [4.69, 9.17) is 19.7 Å². The van der Waals surface area contributed by atoms with Gasteiger partial charge in [0.1, 0.15) is 22.4 Å². The molecule has 0 unspecified atom stereocenters. The van der Waals surface area contributed by atoms with E-state index in [2.05, 4.69) is 15.6 Å². The van der Waals surface area contributed by atoms with Gasteiger partial charge in [0.15, 0.2) is 0 Å². The van der Waals surface area contributed by atoms with Crippen LogP contribution in [0.1, 0.15) is 57.8 Å². The molecule has 2 saturated carbocycles. The van der Waals surface area contributed by atoms with Gasteiger partial charge in [0.2, 0.25) is 5.95 Å². The third kappa shape index (κ3) is 6.17. The monoisotopic (exact) mass is 556 g/mol. The third-order valence-corrected chi connectivity index (χ3v) is 8.86. The van der Waals surface area contributed by atoms with Crippen LogP contribution in [-0.4, -0.2) is 78.4 Å². The van der Waals surface area contributed by atoms with E-state index in [0.717, 1.165) is 58.2 Å². The van der Waals surface area contributed by atoms with Crippen molar-refractivity contribution in [3.63, 3.8) is 0 Å². The molecular weight excluding hydrogens is 516 g/mol. The van der Waals surface area contributed by atoms with E-state index in [1.807, 2.05) is 26.8 Å². The summed E-state index contributed by atoms with van der Waals surface area (Å²) in [5, 5.41) is 39.6. The molecule has 0 bridgehead atoms. The Bertz CT molecular complexity index is 1310. The van der Waals surface area contributed by atoms with Gasteiger partial charge in [0, 0.05) is 19.3 Å². The number of hydrogen-bond acceptors (Lipinski definition) is 11. The van der Waals surface area contributed by atoms with Gasteiger partial charge in [-0.1, -0.05) is 0 Å². The minimum atomic E-state index is -0.996. The number of ether oxygens (including phenoxy) is 1. The minimum absolute atomic E-state index is 0.241. The fourth-order valence-electron chi connectivity index (χ4n) is 5.84. The molecule has 0 radical (unpaired) electrons. The average Bonchev–Trinajstić information content (AvgIpc) is 3.37. The largest absolute Gasteiger partial charge is 0.390 e. The van der Waals surface area contributed by atoms with Crippen molar-refractivity contribution in [3.05, 3.63) is 23.7 Å². The number of aliphatic hydroxyl groups is 3. The summed E-state index contributed by atoms with van der Waals surface area (Å²) < 4.78 is 6.72. The van der Waals surface area contributed by atoms with E-state index in [1.54, 1.807) is 31.4 Å². The Morgan fingerprint density at radius 1 is 1.08 bits per heavy atom. The van der Waals surface area contributed by atoms with Crippen molar-refractivity contribution in [2.45, 2.75) is 90.3 Å². The Kier molecular flexibility index (Phi) is 8.08. The lowest BCUT2D eigenvalue weighted by Gasteiger charge is -2.35. The molecule has 0 aliphatic heterocycles. The molecular formula is C28H40N6O4S. The molecule has 5 N–H and O–H groups in total. The predicted octanol–water partition coefficient (Wildman–Crippen LogP) is 3.68. The first kappa shape index (κ1) is 28.1. The number of anilines is 2. The number of aromatic nitrogens is 4. The summed E-state index contributed by atoms with van der Waals surface area (Å²) in [5.41, 5.74) is 2.30. The van der Waals surface area contributed by atoms with Crippen LogP contribution in [0.3, 0.4) is 0 Å². The molecule has 4 atom stereocenters. The average molecular weight is 557 g/mol. The van der Waals surface area contributed by atoms with E-state index in [9.17, 15) is 15.3 Å². The number of nitrogens with one attached hydrogen (secondary N) is 2. The minimum Gasteiger partial charge on any atom is -0.390 e. The number of fused-ring (bicyclic) bond motifs is 1. The van der Waals surface area contributed by atoms with Gasteiger partial charge < -0.3 is 30.7 Å². The van der Waals surface area contributed by atoms with Gasteiger partial charge in [-0.15, -0.1) is 11.3 Å². The van der Waals surface area contributed by atoms with Crippen molar-refractivity contribution in [1.29, 1.82) is 0 Å². The summed E-state index contributed by atoms with van der Waals surface area (Å²) in [7, 11) is 0. The number of thiazole rings is 1. The summed E-state index contributed by atoms with van der Waals surface area (Å²) in [6, 6.07) is 1.51. The molecule has 2 aliphatic rings. The molecule has 0 saturated heterocycles. The molecule has 3 heterocycles. The Labute approximate surface area is 233 Å². The van der Waals surface area contributed by atoms with Gasteiger partial charge in [0.05, 0.1) is 45.5 Å². The summed E-state index contributed by atoms with van der Waals surface area (Å²) in [6.45, 7) is 10.8. The van der Waals surface area contributed by atoms with Crippen molar-refractivity contribution in [1.82, 2.24) is 19.9 Å². The van der Waals surface area contributed by atoms with Crippen LogP contribution in [-0.2, 0) is 4.74 Å². The fraction of sp³-hybridized carbons (Fsp3) is 0.643. The van der Waals surface area contributed by atoms with Crippen LogP contribution in [0, 0.1) is 25.7 Å². The SMILES string of the molecule is CCOC1CC(CNc2nc(C)c(-c3nc4c(C)nccc4s3)c(N[C@@H]3C[C@H](CC(C)(C)O)[C@@H](O)[C@H]3O)n2)C1.